The summed E-state index contributed by atoms with van der Waals surface area (Å²) in [7, 11) is 0. The minimum Gasteiger partial charge on any atom is -0.478 e. The number of benzene rings is 1. The zero-order chi connectivity index (χ0) is 22.4. The number of nitrogens with zero attached hydrogens (tertiary/aromatic N) is 2. The number of aromatic carboxylic acids is 1. The van der Waals surface area contributed by atoms with E-state index in [0.29, 0.717) is 0 Å². The van der Waals surface area contributed by atoms with Gasteiger partial charge in [0.25, 0.3) is 0 Å². The van der Waals surface area contributed by atoms with Gasteiger partial charge in [0.15, 0.2) is 0 Å². The number of nitrogens with one attached hydrogen (secondary N) is 2. The van der Waals surface area contributed by atoms with Crippen molar-refractivity contribution in [1.82, 2.24) is 19.9 Å². The van der Waals surface area contributed by atoms with E-state index in [1.807, 2.05) is 78.9 Å². The van der Waals surface area contributed by atoms with Crippen molar-refractivity contribution in [1.29, 1.82) is 0 Å². The van der Waals surface area contributed by atoms with Crippen molar-refractivity contribution >= 4 is 52.3 Å². The van der Waals surface area contributed by atoms with E-state index in [9.17, 15) is 9.90 Å². The first-order valence-electron chi connectivity index (χ1n) is 10.5. The van der Waals surface area contributed by atoms with Crippen LogP contribution in [0.25, 0.3) is 57.5 Å². The van der Waals surface area contributed by atoms with Crippen molar-refractivity contribution in [3.8, 4) is 11.1 Å². The topological polar surface area (TPSA) is 94.7 Å². The van der Waals surface area contributed by atoms with E-state index in [2.05, 4.69) is 9.97 Å². The molecule has 3 aromatic heterocycles. The van der Waals surface area contributed by atoms with Crippen LogP contribution >= 0.6 is 0 Å². The third kappa shape index (κ3) is 4.28. The molecular formula is C27H18N4O2Pt. The molecule has 0 spiro atoms. The smallest absolute Gasteiger partial charge is 0.335 e. The Bertz CT molecular complexity index is 1640. The van der Waals surface area contributed by atoms with Crippen molar-refractivity contribution in [3.63, 3.8) is 0 Å². The summed E-state index contributed by atoms with van der Waals surface area (Å²) in [6.45, 7) is 0. The molecule has 1 aromatic carbocycles. The Morgan fingerprint density at radius 2 is 1.18 bits per heavy atom. The summed E-state index contributed by atoms with van der Waals surface area (Å²) in [6, 6.07) is 21.0. The van der Waals surface area contributed by atoms with Crippen LogP contribution in [0.2, 0.25) is 0 Å². The van der Waals surface area contributed by atoms with Gasteiger partial charge >= 0.3 is 5.97 Å². The molecule has 34 heavy (non-hydrogen) atoms. The van der Waals surface area contributed by atoms with Crippen molar-refractivity contribution in [3.05, 3.63) is 95.1 Å². The number of carboxylic acids is 1. The predicted molar refractivity (Wildman–Crippen MR) is 131 cm³/mol. The fraction of sp³-hybridized carbons (Fsp3) is 0. The van der Waals surface area contributed by atoms with Crippen LogP contribution in [-0.2, 0) is 21.1 Å². The second-order valence-corrected chi connectivity index (χ2v) is 7.97. The van der Waals surface area contributed by atoms with Gasteiger partial charge in [0, 0.05) is 48.7 Å². The molecule has 2 aliphatic rings. The molecule has 0 saturated heterocycles. The third-order valence-corrected chi connectivity index (χ3v) is 5.61. The van der Waals surface area contributed by atoms with E-state index in [4.69, 9.17) is 9.97 Å². The molecule has 5 heterocycles. The first-order valence-corrected chi connectivity index (χ1v) is 10.5. The molecule has 0 amide bonds. The Hall–Kier alpha value is -4.02. The van der Waals surface area contributed by atoms with Gasteiger partial charge in [0.2, 0.25) is 0 Å². The van der Waals surface area contributed by atoms with E-state index in [1.165, 1.54) is 0 Å². The summed E-state index contributed by atoms with van der Waals surface area (Å²) in [4.78, 5) is 27.5. The van der Waals surface area contributed by atoms with E-state index in [1.54, 1.807) is 12.1 Å². The van der Waals surface area contributed by atoms with Crippen LogP contribution in [0.3, 0.4) is 0 Å². The van der Waals surface area contributed by atoms with Gasteiger partial charge in [0.1, 0.15) is 0 Å². The van der Waals surface area contributed by atoms with Gasteiger partial charge in [-0.15, -0.1) is 0 Å². The van der Waals surface area contributed by atoms with Gasteiger partial charge in [-0.2, -0.15) is 0 Å². The van der Waals surface area contributed by atoms with Gasteiger partial charge in [-0.3, -0.25) is 0 Å². The van der Waals surface area contributed by atoms with Crippen LogP contribution in [-0.4, -0.2) is 31.0 Å². The molecule has 0 unspecified atom stereocenters. The van der Waals surface area contributed by atoms with Crippen molar-refractivity contribution in [2.75, 3.05) is 0 Å². The molecule has 6 rings (SSSR count). The summed E-state index contributed by atoms with van der Waals surface area (Å²) < 4.78 is 0. The number of carboxylic acid groups (broad SMARTS) is 1. The van der Waals surface area contributed by atoms with Crippen LogP contribution in [0.15, 0.2) is 66.7 Å². The Morgan fingerprint density at radius 1 is 0.647 bits per heavy atom. The van der Waals surface area contributed by atoms with Crippen LogP contribution in [0.1, 0.15) is 33.1 Å². The number of fused-ring (bicyclic) bond motifs is 8. The molecule has 3 N–H and O–H groups in total. The molecule has 168 valence electrons. The molecule has 2 aliphatic heterocycles. The summed E-state index contributed by atoms with van der Waals surface area (Å²) in [6.07, 6.45) is 7.93. The van der Waals surface area contributed by atoms with Crippen LogP contribution in [0.4, 0.5) is 0 Å². The normalized spacial score (nSPS) is 11.9. The average molecular weight is 626 g/mol. The number of aromatic amines is 2. The Labute approximate surface area is 209 Å². The molecule has 7 heteroatoms. The van der Waals surface area contributed by atoms with Crippen LogP contribution in [0.5, 0.6) is 0 Å². The Kier molecular flexibility index (Phi) is 5.60. The van der Waals surface area contributed by atoms with Gasteiger partial charge in [-0.1, -0.05) is 12.1 Å². The van der Waals surface area contributed by atoms with Gasteiger partial charge in [0.05, 0.1) is 28.3 Å². The third-order valence-electron chi connectivity index (χ3n) is 5.61. The molecule has 8 bridgehead atoms. The first kappa shape index (κ1) is 21.8. The quantitative estimate of drug-likeness (QED) is 0.220. The molecular weight excluding hydrogens is 607 g/mol. The first-order chi connectivity index (χ1) is 16.1. The number of aromatic nitrogens is 4. The molecule has 0 fully saturated rings. The SMILES string of the molecule is O=C(O)c1ccc(-c2cc3cc4nc(cc5ccc(cc6nc(cc2[nH]3)C=C6)[nH]5)C=C4)cc1.[Pt]. The second-order valence-electron chi connectivity index (χ2n) is 7.97. The predicted octanol–water partition coefficient (Wildman–Crippen LogP) is 6.02. The molecule has 4 aromatic rings. The fourth-order valence-corrected chi connectivity index (χ4v) is 4.05. The standard InChI is InChI=1S/C27H18N4O2.Pt/c32-27(33)17-3-1-16(2-4-17)25-14-24-13-22-8-7-20(29-22)11-18-5-6-19(28-18)12-21-9-10-23(30-21)15-26(25)31-24;/h1-15,28,31H,(H,32,33);. The molecule has 0 radical (unpaired) electrons. The summed E-state index contributed by atoms with van der Waals surface area (Å²) >= 11 is 0. The number of hydrogen-bond donors (Lipinski definition) is 3. The zero-order valence-electron chi connectivity index (χ0n) is 17.7. The van der Waals surface area contributed by atoms with E-state index >= 15 is 0 Å². The number of carbonyl (C=O) groups is 1. The minimum atomic E-state index is -0.942. The summed E-state index contributed by atoms with van der Waals surface area (Å²) in [5, 5.41) is 9.23. The Balaban J connectivity index is 0.00000241. The number of rotatable bonds is 2. The Morgan fingerprint density at radius 3 is 1.74 bits per heavy atom. The van der Waals surface area contributed by atoms with Crippen LogP contribution < -0.4 is 0 Å². The van der Waals surface area contributed by atoms with E-state index in [0.717, 1.165) is 56.0 Å². The monoisotopic (exact) mass is 625 g/mol. The maximum absolute atomic E-state index is 11.2. The molecule has 0 atom stereocenters. The van der Waals surface area contributed by atoms with Crippen molar-refractivity contribution < 1.29 is 31.0 Å². The largest absolute Gasteiger partial charge is 0.478 e. The summed E-state index contributed by atoms with van der Waals surface area (Å²) in [5.41, 5.74) is 9.29. The van der Waals surface area contributed by atoms with Gasteiger partial charge in [-0.25, -0.2) is 14.8 Å². The minimum absolute atomic E-state index is 0. The van der Waals surface area contributed by atoms with Crippen molar-refractivity contribution in [2.45, 2.75) is 0 Å². The van der Waals surface area contributed by atoms with Crippen LogP contribution in [0, 0.1) is 0 Å². The van der Waals surface area contributed by atoms with Crippen molar-refractivity contribution in [2.24, 2.45) is 0 Å². The van der Waals surface area contributed by atoms with E-state index in [-0.39, 0.29) is 26.6 Å². The maximum Gasteiger partial charge on any atom is 0.335 e. The number of hydrogen-bond acceptors (Lipinski definition) is 3. The van der Waals surface area contributed by atoms with Gasteiger partial charge < -0.3 is 15.1 Å². The molecule has 0 aliphatic carbocycles. The van der Waals surface area contributed by atoms with Gasteiger partial charge in [-0.05, 0) is 84.5 Å². The molecule has 6 nitrogen and oxygen atoms in total. The summed E-state index contributed by atoms with van der Waals surface area (Å²) in [5.74, 6) is -0.942. The molecule has 0 saturated carbocycles. The average Bonchev–Trinajstić information content (AvgIpc) is 3.59. The number of H-pyrrole nitrogens is 2. The second kappa shape index (κ2) is 8.73. The van der Waals surface area contributed by atoms with E-state index < -0.39 is 5.97 Å². The fourth-order valence-electron chi connectivity index (χ4n) is 4.05. The maximum atomic E-state index is 11.2. The zero-order valence-corrected chi connectivity index (χ0v) is 20.0.